The highest BCUT2D eigenvalue weighted by Crippen LogP contribution is 2.33. The van der Waals surface area contributed by atoms with Gasteiger partial charge in [-0.05, 0) is 76.3 Å². The van der Waals surface area contributed by atoms with Gasteiger partial charge in [-0.15, -0.1) is 0 Å². The van der Waals surface area contributed by atoms with Crippen LogP contribution in [-0.2, 0) is 21.4 Å². The molecule has 2 aliphatic rings. The average Bonchev–Trinajstić information content (AvgIpc) is 3.07. The number of hydrogen-bond donors (Lipinski definition) is 3. The zero-order chi connectivity index (χ0) is 28.8. The van der Waals surface area contributed by atoms with E-state index in [2.05, 4.69) is 5.32 Å². The van der Waals surface area contributed by atoms with E-state index in [9.17, 15) is 28.7 Å². The van der Waals surface area contributed by atoms with Crippen LogP contribution in [-0.4, -0.2) is 63.6 Å². The summed E-state index contributed by atoms with van der Waals surface area (Å²) in [5, 5.41) is 12.6. The number of Topliss-reactive ketones (excluding diaryl/α,β-unsaturated/α-hetero) is 1. The number of nitrogens with zero attached hydrogens (tertiary/aromatic N) is 2. The third-order valence-corrected chi connectivity index (χ3v) is 7.94. The quantitative estimate of drug-likeness (QED) is 0.361. The Labute approximate surface area is 226 Å². The summed E-state index contributed by atoms with van der Waals surface area (Å²) in [6.45, 7) is 6.76. The Balaban J connectivity index is 1.67. The minimum Gasteiger partial charge on any atom is -0.393 e. The summed E-state index contributed by atoms with van der Waals surface area (Å²) in [5.41, 5.74) is 6.56. The Kier molecular flexibility index (Phi) is 7.68. The van der Waals surface area contributed by atoms with E-state index in [0.29, 0.717) is 36.2 Å². The highest BCUT2D eigenvalue weighted by Gasteiger charge is 2.43. The van der Waals surface area contributed by atoms with Gasteiger partial charge in [0.25, 0.3) is 11.7 Å². The minimum atomic E-state index is -0.884. The highest BCUT2D eigenvalue weighted by atomic mass is 19.1. The number of anilines is 1. The lowest BCUT2D eigenvalue weighted by molar-refractivity contribution is -0.141. The van der Waals surface area contributed by atoms with Crippen LogP contribution in [0.5, 0.6) is 0 Å². The van der Waals surface area contributed by atoms with Gasteiger partial charge in [0, 0.05) is 43.0 Å². The van der Waals surface area contributed by atoms with E-state index >= 15 is 0 Å². The van der Waals surface area contributed by atoms with Gasteiger partial charge in [-0.3, -0.25) is 19.2 Å². The summed E-state index contributed by atoms with van der Waals surface area (Å²) in [4.78, 5) is 54.0. The predicted molar refractivity (Wildman–Crippen MR) is 141 cm³/mol. The van der Waals surface area contributed by atoms with Crippen LogP contribution in [0.4, 0.5) is 10.1 Å². The molecule has 0 radical (unpaired) electrons. The molecular weight excluding hydrogens is 507 g/mol. The molecule has 4 rings (SSSR count). The maximum Gasteiger partial charge on any atom is 0.301 e. The van der Waals surface area contributed by atoms with Crippen molar-refractivity contribution in [2.24, 2.45) is 12.8 Å². The lowest BCUT2D eigenvalue weighted by atomic mass is 9.75. The van der Waals surface area contributed by atoms with Crippen LogP contribution in [0.15, 0.2) is 18.2 Å². The zero-order valence-corrected chi connectivity index (χ0v) is 22.8. The van der Waals surface area contributed by atoms with Crippen LogP contribution >= 0.6 is 0 Å². The normalized spacial score (nSPS) is 24.5. The van der Waals surface area contributed by atoms with E-state index in [-0.39, 0.29) is 35.8 Å². The van der Waals surface area contributed by atoms with E-state index in [1.807, 2.05) is 6.92 Å². The molecule has 1 aliphatic carbocycles. The maximum absolute atomic E-state index is 14.1. The maximum atomic E-state index is 14.1. The first-order valence-corrected chi connectivity index (χ1v) is 13.0. The first-order valence-electron chi connectivity index (χ1n) is 13.0. The number of carbonyl (C=O) groups excluding carboxylic acids is 4. The molecule has 4 N–H and O–H groups in total. The van der Waals surface area contributed by atoms with E-state index in [1.165, 1.54) is 27.7 Å². The zero-order valence-electron chi connectivity index (χ0n) is 22.8. The van der Waals surface area contributed by atoms with Gasteiger partial charge in [0.1, 0.15) is 11.9 Å². The fraction of sp³-hybridized carbons (Fsp3) is 0.500. The molecular formula is C28H35FN4O6. The molecule has 11 heteroatoms. The van der Waals surface area contributed by atoms with E-state index < -0.39 is 47.2 Å². The second-order valence-electron chi connectivity index (χ2n) is 10.9. The Morgan fingerprint density at radius 2 is 1.87 bits per heavy atom. The largest absolute Gasteiger partial charge is 0.393 e. The highest BCUT2D eigenvalue weighted by molar-refractivity contribution is 6.47. The van der Waals surface area contributed by atoms with Gasteiger partial charge in [0.05, 0.1) is 17.4 Å². The number of nitrogens with two attached hydrogens (primary N) is 1. The van der Waals surface area contributed by atoms with E-state index in [4.69, 9.17) is 10.5 Å². The second kappa shape index (κ2) is 10.5. The molecule has 0 unspecified atom stereocenters. The van der Waals surface area contributed by atoms with Gasteiger partial charge in [-0.2, -0.15) is 0 Å². The summed E-state index contributed by atoms with van der Waals surface area (Å²) in [6.07, 6.45) is -0.0247. The molecule has 2 aromatic rings. The van der Waals surface area contributed by atoms with Crippen molar-refractivity contribution in [2.75, 3.05) is 11.5 Å². The van der Waals surface area contributed by atoms with E-state index in [0.717, 1.165) is 0 Å². The Morgan fingerprint density at radius 3 is 2.44 bits per heavy atom. The molecule has 1 saturated heterocycles. The van der Waals surface area contributed by atoms with Gasteiger partial charge in [0.15, 0.2) is 0 Å². The topological polar surface area (TPSA) is 144 Å². The van der Waals surface area contributed by atoms with Gasteiger partial charge in [0.2, 0.25) is 5.91 Å². The smallest absolute Gasteiger partial charge is 0.301 e. The SMILES string of the molecule is Cc1cc(N(C(=O)C(=O)c2c(C)c(C(N)=O)c(C)n2C)[C@H]2CCO[C@H](C(=O)NC3(C)CC(O)C3)C2)ccc1F. The molecule has 2 fully saturated rings. The van der Waals surface area contributed by atoms with Gasteiger partial charge < -0.3 is 30.4 Å². The number of carbonyl (C=O) groups is 4. The van der Waals surface area contributed by atoms with E-state index in [1.54, 1.807) is 27.8 Å². The number of hydrogen-bond acceptors (Lipinski definition) is 6. The predicted octanol–water partition coefficient (Wildman–Crippen LogP) is 1.98. The standard InChI is InChI=1S/C28H35FN4O6/c1-14-10-17(6-7-20(14)29)33(27(38)24(35)23-15(2)22(25(30)36)16(3)32(23)5)18-8-9-39-21(11-18)26(37)31-28(4)12-19(34)13-28/h6-7,10,18-19,21,34H,8-9,11-13H2,1-5H3,(H2,30,36)(H,31,37)/t18-,19?,21-,28?/m0/s1. The molecule has 1 aromatic heterocycles. The van der Waals surface area contributed by atoms with Crippen molar-refractivity contribution < 1.29 is 33.4 Å². The molecule has 39 heavy (non-hydrogen) atoms. The number of aromatic nitrogens is 1. The summed E-state index contributed by atoms with van der Waals surface area (Å²) in [5.74, 6) is -3.25. The van der Waals surface area contributed by atoms with Gasteiger partial charge >= 0.3 is 5.91 Å². The summed E-state index contributed by atoms with van der Waals surface area (Å²) in [7, 11) is 1.58. The van der Waals surface area contributed by atoms with Crippen molar-refractivity contribution in [1.29, 1.82) is 0 Å². The molecule has 1 saturated carbocycles. The molecule has 10 nitrogen and oxygen atoms in total. The molecule has 2 heterocycles. The number of ether oxygens (including phenoxy) is 1. The third kappa shape index (κ3) is 5.33. The number of aryl methyl sites for hydroxylation is 1. The monoisotopic (exact) mass is 542 g/mol. The Morgan fingerprint density at radius 1 is 1.21 bits per heavy atom. The van der Waals surface area contributed by atoms with Crippen molar-refractivity contribution in [3.05, 3.63) is 52.1 Å². The number of aliphatic hydroxyl groups excluding tert-OH is 1. The molecule has 1 aromatic carbocycles. The van der Waals surface area contributed by atoms with Gasteiger partial charge in [-0.25, -0.2) is 4.39 Å². The van der Waals surface area contributed by atoms with Crippen molar-refractivity contribution in [1.82, 2.24) is 9.88 Å². The number of benzene rings is 1. The Bertz CT molecular complexity index is 1350. The number of aliphatic hydroxyl groups is 1. The number of rotatable bonds is 7. The van der Waals surface area contributed by atoms with Crippen LogP contribution in [0.25, 0.3) is 0 Å². The van der Waals surface area contributed by atoms with Crippen LogP contribution in [0, 0.1) is 26.6 Å². The number of halogens is 1. The van der Waals surface area contributed by atoms with Crippen molar-refractivity contribution >= 4 is 29.2 Å². The van der Waals surface area contributed by atoms with Crippen molar-refractivity contribution in [3.8, 4) is 0 Å². The van der Waals surface area contributed by atoms with Gasteiger partial charge in [-0.1, -0.05) is 0 Å². The number of primary amides is 1. The summed E-state index contributed by atoms with van der Waals surface area (Å²) < 4.78 is 21.3. The lowest BCUT2D eigenvalue weighted by Crippen LogP contribution is -2.60. The van der Waals surface area contributed by atoms with Crippen LogP contribution in [0.1, 0.15) is 70.3 Å². The third-order valence-electron chi connectivity index (χ3n) is 7.94. The molecule has 0 bridgehead atoms. The first-order chi connectivity index (χ1) is 18.2. The number of amides is 3. The molecule has 1 aliphatic heterocycles. The van der Waals surface area contributed by atoms with Crippen LogP contribution < -0.4 is 16.0 Å². The number of ketones is 1. The Hall–Kier alpha value is -3.57. The first kappa shape index (κ1) is 28.4. The fourth-order valence-corrected chi connectivity index (χ4v) is 5.80. The molecule has 3 amide bonds. The lowest BCUT2D eigenvalue weighted by Gasteiger charge is -2.44. The summed E-state index contributed by atoms with van der Waals surface area (Å²) >= 11 is 0. The molecule has 210 valence electrons. The summed E-state index contributed by atoms with van der Waals surface area (Å²) in [6, 6.07) is 3.53. The second-order valence-corrected chi connectivity index (χ2v) is 10.9. The van der Waals surface area contributed by atoms with Crippen molar-refractivity contribution in [3.63, 3.8) is 0 Å². The van der Waals surface area contributed by atoms with Crippen molar-refractivity contribution in [2.45, 2.75) is 77.2 Å². The molecule has 2 atom stereocenters. The van der Waals surface area contributed by atoms with Crippen LogP contribution in [0.2, 0.25) is 0 Å². The fourth-order valence-electron chi connectivity index (χ4n) is 5.80. The molecule has 0 spiro atoms. The van der Waals surface area contributed by atoms with Crippen LogP contribution in [0.3, 0.4) is 0 Å². The number of nitrogens with one attached hydrogen (secondary N) is 1. The minimum absolute atomic E-state index is 0.0351. The average molecular weight is 543 g/mol.